The van der Waals surface area contributed by atoms with E-state index < -0.39 is 0 Å². The van der Waals surface area contributed by atoms with Gasteiger partial charge < -0.3 is 0 Å². The second-order valence-electron chi connectivity index (χ2n) is 2.89. The number of hydrogen-bond donors (Lipinski definition) is 1. The van der Waals surface area contributed by atoms with Crippen molar-refractivity contribution in [2.45, 2.75) is 19.8 Å². The molecule has 0 nitrogen and oxygen atoms in total. The zero-order valence-corrected chi connectivity index (χ0v) is 8.40. The molecule has 0 aromatic rings. The van der Waals surface area contributed by atoms with Crippen LogP contribution in [0.25, 0.3) is 0 Å². The van der Waals surface area contributed by atoms with Crippen molar-refractivity contribution in [3.05, 3.63) is 12.2 Å². The van der Waals surface area contributed by atoms with E-state index in [-0.39, 0.29) is 13.5 Å². The molecule has 0 amide bonds. The maximum absolute atomic E-state index is 5.32. The fraction of sp³-hybridized carbons (Fsp3) is 0.667. The molecule has 2 saturated heterocycles. The highest BCUT2D eigenvalue weighted by molar-refractivity contribution is 8.39. The molecule has 4 heteroatoms. The number of hydrogen-bond acceptors (Lipinski definition) is 3. The fourth-order valence-corrected chi connectivity index (χ4v) is 7.44. The smallest absolute Gasteiger partial charge is 0.0945 e. The van der Waals surface area contributed by atoms with Crippen LogP contribution >= 0.6 is 24.4 Å². The Hall–Kier alpha value is 1.01. The maximum atomic E-state index is 5.32. The highest BCUT2D eigenvalue weighted by Gasteiger charge is 2.67. The summed E-state index contributed by atoms with van der Waals surface area (Å²) < 4.78 is 0.153. The van der Waals surface area contributed by atoms with Crippen LogP contribution < -0.4 is 0 Å². The summed E-state index contributed by atoms with van der Waals surface area (Å²) >= 11 is 12.0. The molecule has 0 radical (unpaired) electrons. The summed E-state index contributed by atoms with van der Waals surface area (Å²) in [6.45, 7) is 0. The van der Waals surface area contributed by atoms with Crippen LogP contribution in [0.15, 0.2) is 12.2 Å². The van der Waals surface area contributed by atoms with Gasteiger partial charge in [0.1, 0.15) is 0 Å². The number of fused-ring (bicyclic) bond motifs is 3. The summed E-state index contributed by atoms with van der Waals surface area (Å²) in [5.74, 6) is 0. The summed E-state index contributed by atoms with van der Waals surface area (Å²) in [7, 11) is 0.162. The first-order valence-electron chi connectivity index (χ1n) is 3.21. The van der Waals surface area contributed by atoms with Gasteiger partial charge in [0.15, 0.2) is 0 Å². The molecule has 5 unspecified atom stereocenters. The van der Waals surface area contributed by atoms with E-state index in [1.807, 2.05) is 0 Å². The molecule has 0 aromatic carbocycles. The first-order valence-corrected chi connectivity index (χ1v) is 6.82. The van der Waals surface area contributed by atoms with E-state index in [0.29, 0.717) is 0 Å². The van der Waals surface area contributed by atoms with Gasteiger partial charge in [-0.1, -0.05) is 21.6 Å². The number of rotatable bonds is 0. The van der Waals surface area contributed by atoms with Gasteiger partial charge in [-0.3, -0.25) is 0 Å². The topological polar surface area (TPSA) is 0 Å². The Balaban J connectivity index is 2.10. The lowest BCUT2D eigenvalue weighted by molar-refractivity contribution is 0.906. The van der Waals surface area contributed by atoms with E-state index in [1.165, 1.54) is 0 Å². The van der Waals surface area contributed by atoms with Gasteiger partial charge >= 0.3 is 0 Å². The van der Waals surface area contributed by atoms with Crippen molar-refractivity contribution in [3.63, 3.8) is 0 Å². The van der Waals surface area contributed by atoms with Crippen molar-refractivity contribution in [1.29, 1.82) is 0 Å². The Kier molecular flexibility index (Phi) is 1.09. The van der Waals surface area contributed by atoms with E-state index in [0.717, 1.165) is 15.7 Å². The molecule has 2 aliphatic heterocycles. The van der Waals surface area contributed by atoms with Gasteiger partial charge in [-0.2, -0.15) is 12.6 Å². The third-order valence-corrected chi connectivity index (χ3v) is 8.71. The van der Waals surface area contributed by atoms with Crippen LogP contribution in [0.3, 0.4) is 0 Å². The third kappa shape index (κ3) is 0.601. The Bertz CT molecular complexity index is 258. The first kappa shape index (κ1) is 6.52. The van der Waals surface area contributed by atoms with Gasteiger partial charge in [0, 0.05) is 10.5 Å². The Morgan fingerprint density at radius 3 is 3.20 bits per heavy atom. The quantitative estimate of drug-likeness (QED) is 0.358. The molecule has 0 spiro atoms. The largest absolute Gasteiger partial charge is 0.156 e. The Labute approximate surface area is 76.8 Å². The molecular weight excluding hydrogens is 200 g/mol. The monoisotopic (exact) mass is 206 g/mol. The minimum atomic E-state index is 0.153. The summed E-state index contributed by atoms with van der Waals surface area (Å²) in [6, 6.07) is 0. The molecule has 3 rings (SSSR count). The van der Waals surface area contributed by atoms with Crippen LogP contribution in [0.4, 0.5) is 0 Å². The SMILES string of the molecule is S=S1C2C3SC3C=CC21S. The third-order valence-electron chi connectivity index (χ3n) is 2.29. The van der Waals surface area contributed by atoms with Crippen LogP contribution in [0.5, 0.6) is 0 Å². The molecule has 1 aliphatic carbocycles. The molecule has 0 bridgehead atoms. The average Bonchev–Trinajstić information content (AvgIpc) is 2.71. The molecule has 0 aromatic heterocycles. The molecular formula is C6H6S4. The van der Waals surface area contributed by atoms with Gasteiger partial charge in [0.25, 0.3) is 0 Å². The lowest BCUT2D eigenvalue weighted by atomic mass is 10.1. The van der Waals surface area contributed by atoms with Gasteiger partial charge in [-0.05, 0) is 11.2 Å². The zero-order chi connectivity index (χ0) is 6.93. The van der Waals surface area contributed by atoms with Crippen LogP contribution in [-0.2, 0) is 20.6 Å². The van der Waals surface area contributed by atoms with Crippen LogP contribution in [0.2, 0.25) is 0 Å². The lowest BCUT2D eigenvalue weighted by Crippen LogP contribution is -2.13. The van der Waals surface area contributed by atoms with E-state index >= 15 is 0 Å². The van der Waals surface area contributed by atoms with Gasteiger partial charge in [0.2, 0.25) is 0 Å². The normalized spacial score (nSPS) is 68.5. The van der Waals surface area contributed by atoms with Gasteiger partial charge in [-0.15, -0.1) is 11.8 Å². The second-order valence-corrected chi connectivity index (χ2v) is 8.15. The van der Waals surface area contributed by atoms with Crippen LogP contribution in [0, 0.1) is 0 Å². The molecule has 2 fully saturated rings. The summed E-state index contributed by atoms with van der Waals surface area (Å²) in [5, 5.41) is 2.40. The van der Waals surface area contributed by atoms with Gasteiger partial charge in [-0.25, -0.2) is 0 Å². The molecule has 2 heterocycles. The van der Waals surface area contributed by atoms with Crippen molar-refractivity contribution in [3.8, 4) is 0 Å². The van der Waals surface area contributed by atoms with Crippen LogP contribution in [-0.4, -0.2) is 19.8 Å². The standard InChI is InChI=1S/C6H6S4/c7-6-2-1-3-4(9-3)5(6)10(6)8/h1-5,7H. The van der Waals surface area contributed by atoms with Crippen LogP contribution in [0.1, 0.15) is 0 Å². The summed E-state index contributed by atoms with van der Waals surface area (Å²) in [5.41, 5.74) is 0. The first-order chi connectivity index (χ1) is 4.73. The molecule has 54 valence electrons. The van der Waals surface area contributed by atoms with Crippen molar-refractivity contribution in [2.75, 3.05) is 0 Å². The van der Waals surface area contributed by atoms with E-state index in [1.54, 1.807) is 0 Å². The summed E-state index contributed by atoms with van der Waals surface area (Å²) in [6.07, 6.45) is 4.52. The van der Waals surface area contributed by atoms with Gasteiger partial charge in [0.05, 0.1) is 9.33 Å². The zero-order valence-electron chi connectivity index (χ0n) is 5.06. The molecule has 3 aliphatic rings. The van der Waals surface area contributed by atoms with E-state index in [4.69, 9.17) is 11.2 Å². The van der Waals surface area contributed by atoms with E-state index in [9.17, 15) is 0 Å². The minimum absolute atomic E-state index is 0.153. The molecule has 0 N–H and O–H groups in total. The highest BCUT2D eigenvalue weighted by atomic mass is 32.8. The van der Waals surface area contributed by atoms with Crippen molar-refractivity contribution in [1.82, 2.24) is 0 Å². The number of thiol groups is 1. The highest BCUT2D eigenvalue weighted by Crippen LogP contribution is 2.63. The fourth-order valence-electron chi connectivity index (χ4n) is 1.55. The van der Waals surface area contributed by atoms with Crippen molar-refractivity contribution < 1.29 is 0 Å². The van der Waals surface area contributed by atoms with Crippen molar-refractivity contribution in [2.24, 2.45) is 0 Å². The predicted octanol–water partition coefficient (Wildman–Crippen LogP) is 1.13. The lowest BCUT2D eigenvalue weighted by Gasteiger charge is -2.02. The Morgan fingerprint density at radius 1 is 1.70 bits per heavy atom. The maximum Gasteiger partial charge on any atom is 0.0945 e. The Morgan fingerprint density at radius 2 is 2.50 bits per heavy atom. The average molecular weight is 206 g/mol. The predicted molar refractivity (Wildman–Crippen MR) is 54.5 cm³/mol. The van der Waals surface area contributed by atoms with E-state index in [2.05, 4.69) is 36.5 Å². The molecule has 0 saturated carbocycles. The minimum Gasteiger partial charge on any atom is -0.156 e. The number of thioether (sulfide) groups is 1. The summed E-state index contributed by atoms with van der Waals surface area (Å²) in [4.78, 5) is 0. The van der Waals surface area contributed by atoms with Crippen molar-refractivity contribution >= 4 is 45.0 Å². The molecule has 10 heavy (non-hydrogen) atoms. The second kappa shape index (κ2) is 1.68. The molecule has 5 atom stereocenters.